The number of ether oxygens (including phenoxy) is 1. The maximum atomic E-state index is 12.8. The van der Waals surface area contributed by atoms with Crippen LogP contribution in [0.2, 0.25) is 0 Å². The fourth-order valence-corrected chi connectivity index (χ4v) is 3.66. The van der Waals surface area contributed by atoms with Crippen molar-refractivity contribution in [1.29, 1.82) is 0 Å². The second-order valence-corrected chi connectivity index (χ2v) is 6.75. The number of fused-ring (bicyclic) bond motifs is 1. The molecule has 1 atom stereocenters. The van der Waals surface area contributed by atoms with Crippen LogP contribution in [-0.4, -0.2) is 61.9 Å². The van der Waals surface area contributed by atoms with E-state index >= 15 is 0 Å². The van der Waals surface area contributed by atoms with Gasteiger partial charge in [-0.2, -0.15) is 5.10 Å². The monoisotopic (exact) mass is 368 g/mol. The normalized spacial score (nSPS) is 17.1. The minimum absolute atomic E-state index is 0.0117. The smallest absolute Gasteiger partial charge is 0.274 e. The maximum absolute atomic E-state index is 12.8. The summed E-state index contributed by atoms with van der Waals surface area (Å²) in [6.07, 6.45) is 4.51. The number of aromatic nitrogens is 5. The Kier molecular flexibility index (Phi) is 4.89. The molecule has 0 unspecified atom stereocenters. The maximum Gasteiger partial charge on any atom is 0.274 e. The van der Waals surface area contributed by atoms with Gasteiger partial charge in [0.2, 0.25) is 0 Å². The van der Waals surface area contributed by atoms with Crippen molar-refractivity contribution in [2.24, 2.45) is 0 Å². The van der Waals surface area contributed by atoms with Gasteiger partial charge < -0.3 is 14.2 Å². The molecule has 0 aromatic carbocycles. The van der Waals surface area contributed by atoms with Gasteiger partial charge in [0.05, 0.1) is 6.61 Å². The van der Waals surface area contributed by atoms with E-state index in [-0.39, 0.29) is 11.8 Å². The molecule has 0 spiro atoms. The van der Waals surface area contributed by atoms with Gasteiger partial charge in [-0.15, -0.1) is 0 Å². The first-order chi connectivity index (χ1) is 13.2. The van der Waals surface area contributed by atoms with Crippen LogP contribution >= 0.6 is 0 Å². The lowest BCUT2D eigenvalue weighted by Crippen LogP contribution is -2.29. The molecule has 0 N–H and O–H groups in total. The fourth-order valence-electron chi connectivity index (χ4n) is 3.66. The SMILES string of the molecule is CCn1ccc(C(=O)N2CC[C@@H](c3nc4cccnc4n3CCOC)C2)n1. The third kappa shape index (κ3) is 3.32. The summed E-state index contributed by atoms with van der Waals surface area (Å²) in [5, 5.41) is 4.34. The van der Waals surface area contributed by atoms with Crippen LogP contribution in [0.1, 0.15) is 35.6 Å². The largest absolute Gasteiger partial charge is 0.383 e. The number of rotatable bonds is 6. The third-order valence-electron chi connectivity index (χ3n) is 5.08. The van der Waals surface area contributed by atoms with Crippen molar-refractivity contribution in [1.82, 2.24) is 29.2 Å². The summed E-state index contributed by atoms with van der Waals surface area (Å²) in [4.78, 5) is 24.0. The molecule has 3 aromatic heterocycles. The van der Waals surface area contributed by atoms with Crippen LogP contribution < -0.4 is 0 Å². The Balaban J connectivity index is 1.57. The Hall–Kier alpha value is -2.74. The highest BCUT2D eigenvalue weighted by molar-refractivity contribution is 5.92. The zero-order chi connectivity index (χ0) is 18.8. The molecule has 3 aromatic rings. The number of likely N-dealkylation sites (tertiary alicyclic amines) is 1. The van der Waals surface area contributed by atoms with Crippen molar-refractivity contribution in [3.8, 4) is 0 Å². The standard InChI is InChI=1S/C19H24N6O2/c1-3-24-10-7-16(22-24)19(26)23-9-6-14(13-23)17-21-15-5-4-8-20-18(15)25(17)11-12-27-2/h4-5,7-8,10,14H,3,6,9,11-13H2,1-2H3/t14-/m1/s1. The fraction of sp³-hybridized carbons (Fsp3) is 0.474. The van der Waals surface area contributed by atoms with Gasteiger partial charge in [-0.1, -0.05) is 0 Å². The summed E-state index contributed by atoms with van der Waals surface area (Å²) in [6.45, 7) is 5.42. The van der Waals surface area contributed by atoms with Gasteiger partial charge in [-0.3, -0.25) is 9.48 Å². The summed E-state index contributed by atoms with van der Waals surface area (Å²) in [6, 6.07) is 5.66. The van der Waals surface area contributed by atoms with E-state index in [1.807, 2.05) is 30.2 Å². The molecule has 1 saturated heterocycles. The van der Waals surface area contributed by atoms with E-state index in [4.69, 9.17) is 9.72 Å². The van der Waals surface area contributed by atoms with Gasteiger partial charge in [0, 0.05) is 51.6 Å². The van der Waals surface area contributed by atoms with E-state index in [2.05, 4.69) is 14.6 Å². The molecule has 0 aliphatic carbocycles. The van der Waals surface area contributed by atoms with Gasteiger partial charge in [-0.25, -0.2) is 9.97 Å². The lowest BCUT2D eigenvalue weighted by molar-refractivity contribution is 0.0783. The van der Waals surface area contributed by atoms with Crippen LogP contribution in [0.15, 0.2) is 30.6 Å². The van der Waals surface area contributed by atoms with Crippen molar-refractivity contribution < 1.29 is 9.53 Å². The zero-order valence-corrected chi connectivity index (χ0v) is 15.7. The molecule has 8 nitrogen and oxygen atoms in total. The summed E-state index contributed by atoms with van der Waals surface area (Å²) in [5.41, 5.74) is 2.26. The van der Waals surface area contributed by atoms with Crippen LogP contribution in [0.25, 0.3) is 11.2 Å². The van der Waals surface area contributed by atoms with Crippen LogP contribution in [0.5, 0.6) is 0 Å². The highest BCUT2D eigenvalue weighted by Gasteiger charge is 2.32. The quantitative estimate of drug-likeness (QED) is 0.664. The van der Waals surface area contributed by atoms with Crippen molar-refractivity contribution in [3.63, 3.8) is 0 Å². The molecule has 27 heavy (non-hydrogen) atoms. The number of imidazole rings is 1. The Morgan fingerprint density at radius 1 is 1.37 bits per heavy atom. The number of pyridine rings is 1. The summed E-state index contributed by atoms with van der Waals surface area (Å²) in [7, 11) is 1.69. The van der Waals surface area contributed by atoms with Crippen LogP contribution in [0.3, 0.4) is 0 Å². The highest BCUT2D eigenvalue weighted by atomic mass is 16.5. The second kappa shape index (κ2) is 7.48. The van der Waals surface area contributed by atoms with Crippen LogP contribution in [0.4, 0.5) is 0 Å². The topological polar surface area (TPSA) is 78.1 Å². The average molecular weight is 368 g/mol. The Morgan fingerprint density at radius 3 is 3.04 bits per heavy atom. The van der Waals surface area contributed by atoms with E-state index in [1.165, 1.54) is 0 Å². The molecule has 4 rings (SSSR count). The number of carbonyl (C=O) groups is 1. The molecular weight excluding hydrogens is 344 g/mol. The predicted molar refractivity (Wildman–Crippen MR) is 101 cm³/mol. The zero-order valence-electron chi connectivity index (χ0n) is 15.7. The minimum atomic E-state index is -0.0117. The van der Waals surface area contributed by atoms with Crippen LogP contribution in [-0.2, 0) is 17.8 Å². The predicted octanol–water partition coefficient (Wildman–Crippen LogP) is 1.92. The summed E-state index contributed by atoms with van der Waals surface area (Å²) < 4.78 is 9.16. The van der Waals surface area contributed by atoms with Crippen molar-refractivity contribution in [2.45, 2.75) is 32.4 Å². The van der Waals surface area contributed by atoms with Gasteiger partial charge >= 0.3 is 0 Å². The van der Waals surface area contributed by atoms with E-state index in [1.54, 1.807) is 24.1 Å². The minimum Gasteiger partial charge on any atom is -0.383 e. The van der Waals surface area contributed by atoms with Gasteiger partial charge in [-0.05, 0) is 31.5 Å². The Labute approximate surface area is 157 Å². The first-order valence-corrected chi connectivity index (χ1v) is 9.34. The lowest BCUT2D eigenvalue weighted by atomic mass is 10.1. The van der Waals surface area contributed by atoms with Crippen LogP contribution in [0, 0.1) is 0 Å². The van der Waals surface area contributed by atoms with E-state index < -0.39 is 0 Å². The summed E-state index contributed by atoms with van der Waals surface area (Å²) >= 11 is 0. The molecule has 0 bridgehead atoms. The number of carbonyl (C=O) groups excluding carboxylic acids is 1. The molecule has 8 heteroatoms. The number of hydrogen-bond acceptors (Lipinski definition) is 5. The lowest BCUT2D eigenvalue weighted by Gasteiger charge is -2.16. The number of hydrogen-bond donors (Lipinski definition) is 0. The first-order valence-electron chi connectivity index (χ1n) is 9.34. The van der Waals surface area contributed by atoms with E-state index in [0.29, 0.717) is 31.9 Å². The molecule has 1 amide bonds. The van der Waals surface area contributed by atoms with Gasteiger partial charge in [0.15, 0.2) is 5.65 Å². The molecule has 4 heterocycles. The molecule has 1 aliphatic heterocycles. The van der Waals surface area contributed by atoms with Crippen molar-refractivity contribution >= 4 is 17.1 Å². The van der Waals surface area contributed by atoms with Gasteiger partial charge in [0.25, 0.3) is 5.91 Å². The molecule has 142 valence electrons. The molecule has 0 radical (unpaired) electrons. The number of nitrogens with zero attached hydrogens (tertiary/aromatic N) is 6. The molecular formula is C19H24N6O2. The summed E-state index contributed by atoms with van der Waals surface area (Å²) in [5.74, 6) is 1.16. The second-order valence-electron chi connectivity index (χ2n) is 6.75. The number of methoxy groups -OCH3 is 1. The first kappa shape index (κ1) is 17.7. The molecule has 0 saturated carbocycles. The van der Waals surface area contributed by atoms with Crippen molar-refractivity contribution in [3.05, 3.63) is 42.1 Å². The Morgan fingerprint density at radius 2 is 2.26 bits per heavy atom. The average Bonchev–Trinajstić information content (AvgIpc) is 3.43. The van der Waals surface area contributed by atoms with E-state index in [9.17, 15) is 4.79 Å². The number of amides is 1. The third-order valence-corrected chi connectivity index (χ3v) is 5.08. The number of aryl methyl sites for hydroxylation is 1. The Bertz CT molecular complexity index is 947. The molecule has 1 fully saturated rings. The van der Waals surface area contributed by atoms with Gasteiger partial charge in [0.1, 0.15) is 17.0 Å². The van der Waals surface area contributed by atoms with E-state index in [0.717, 1.165) is 30.0 Å². The highest BCUT2D eigenvalue weighted by Crippen LogP contribution is 2.29. The van der Waals surface area contributed by atoms with Crippen molar-refractivity contribution in [2.75, 3.05) is 26.8 Å². The molecule has 1 aliphatic rings.